The number of carbonyl (C=O) groups excluding carboxylic acids is 1. The van der Waals surface area contributed by atoms with Gasteiger partial charge in [-0.05, 0) is 42.7 Å². The minimum atomic E-state index is 0. The highest BCUT2D eigenvalue weighted by molar-refractivity contribution is 5.85. The number of nitrogens with two attached hydrogens (primary N) is 1. The van der Waals surface area contributed by atoms with Crippen LogP contribution in [0.5, 0.6) is 0 Å². The average Bonchev–Trinajstić information content (AvgIpc) is 2.64. The lowest BCUT2D eigenvalue weighted by Gasteiger charge is -2.31. The van der Waals surface area contributed by atoms with Crippen LogP contribution in [0.3, 0.4) is 0 Å². The molecule has 1 fully saturated rings. The molecule has 2 aromatic carbocycles. The van der Waals surface area contributed by atoms with E-state index in [0.29, 0.717) is 12.3 Å². The average molecular weight is 373 g/mol. The van der Waals surface area contributed by atoms with Crippen LogP contribution >= 0.6 is 12.4 Å². The summed E-state index contributed by atoms with van der Waals surface area (Å²) in [4.78, 5) is 14.8. The number of hydrogen-bond acceptors (Lipinski definition) is 2. The van der Waals surface area contributed by atoms with Crippen LogP contribution in [0.2, 0.25) is 0 Å². The molecule has 2 N–H and O–H groups in total. The summed E-state index contributed by atoms with van der Waals surface area (Å²) < 4.78 is 0. The lowest BCUT2D eigenvalue weighted by molar-refractivity contribution is -0.133. The van der Waals surface area contributed by atoms with Crippen LogP contribution in [-0.2, 0) is 17.6 Å². The molecule has 1 amide bonds. The van der Waals surface area contributed by atoms with Crippen LogP contribution in [0, 0.1) is 5.92 Å². The van der Waals surface area contributed by atoms with E-state index in [1.54, 1.807) is 0 Å². The van der Waals surface area contributed by atoms with E-state index >= 15 is 0 Å². The Morgan fingerprint density at radius 3 is 1.85 bits per heavy atom. The molecule has 4 heteroatoms. The highest BCUT2D eigenvalue weighted by Crippen LogP contribution is 2.20. The fourth-order valence-corrected chi connectivity index (χ4v) is 3.64. The molecule has 2 aromatic rings. The fraction of sp³-hybridized carbons (Fsp3) is 0.409. The number of carbonyl (C=O) groups is 1. The van der Waals surface area contributed by atoms with E-state index < -0.39 is 0 Å². The van der Waals surface area contributed by atoms with Gasteiger partial charge in [-0.1, -0.05) is 60.7 Å². The first-order chi connectivity index (χ1) is 12.2. The number of piperidine rings is 1. The first-order valence-corrected chi connectivity index (χ1v) is 9.32. The molecule has 140 valence electrons. The molecule has 3 nitrogen and oxygen atoms in total. The van der Waals surface area contributed by atoms with Gasteiger partial charge in [-0.25, -0.2) is 0 Å². The molecule has 0 aliphatic carbocycles. The number of benzene rings is 2. The number of rotatable bonds is 6. The second-order valence-electron chi connectivity index (χ2n) is 7.17. The Morgan fingerprint density at radius 1 is 0.923 bits per heavy atom. The molecule has 0 unspecified atom stereocenters. The molecule has 1 aliphatic rings. The molecule has 1 heterocycles. The standard InChI is InChI=1S/C22H28N2O.ClH/c23-21-11-13-24(14-12-21)22(25)17-20(15-18-7-3-1-4-8-18)16-19-9-5-2-6-10-19;/h1-10,20-21H,11-17,23H2;1H. The van der Waals surface area contributed by atoms with Crippen LogP contribution in [0.25, 0.3) is 0 Å². The lowest BCUT2D eigenvalue weighted by Crippen LogP contribution is -2.43. The van der Waals surface area contributed by atoms with E-state index in [-0.39, 0.29) is 24.4 Å². The van der Waals surface area contributed by atoms with E-state index in [0.717, 1.165) is 38.8 Å². The van der Waals surface area contributed by atoms with Crippen molar-refractivity contribution in [1.82, 2.24) is 4.90 Å². The molecule has 0 atom stereocenters. The molecule has 0 aromatic heterocycles. The molecule has 1 saturated heterocycles. The van der Waals surface area contributed by atoms with Crippen LogP contribution in [0.4, 0.5) is 0 Å². The van der Waals surface area contributed by atoms with Gasteiger partial charge >= 0.3 is 0 Å². The predicted octanol–water partition coefficient (Wildman–Crippen LogP) is 3.85. The van der Waals surface area contributed by atoms with E-state index in [1.807, 2.05) is 17.0 Å². The van der Waals surface area contributed by atoms with Gasteiger partial charge in [-0.15, -0.1) is 12.4 Å². The molecule has 0 spiro atoms. The van der Waals surface area contributed by atoms with Gasteiger partial charge in [0.25, 0.3) is 0 Å². The first-order valence-electron chi connectivity index (χ1n) is 9.32. The maximum atomic E-state index is 12.8. The largest absolute Gasteiger partial charge is 0.343 e. The number of nitrogens with zero attached hydrogens (tertiary/aromatic N) is 1. The molecule has 1 aliphatic heterocycles. The molecular formula is C22H29ClN2O. The van der Waals surface area contributed by atoms with Gasteiger partial charge in [0.05, 0.1) is 0 Å². The number of halogens is 1. The molecular weight excluding hydrogens is 344 g/mol. The summed E-state index contributed by atoms with van der Waals surface area (Å²) >= 11 is 0. The Balaban J connectivity index is 0.00000243. The second kappa shape index (κ2) is 10.3. The quantitative estimate of drug-likeness (QED) is 0.837. The van der Waals surface area contributed by atoms with Gasteiger partial charge < -0.3 is 10.6 Å². The number of hydrogen-bond donors (Lipinski definition) is 1. The van der Waals surface area contributed by atoms with Crippen molar-refractivity contribution in [3.63, 3.8) is 0 Å². The third kappa shape index (κ3) is 6.15. The van der Waals surface area contributed by atoms with E-state index in [2.05, 4.69) is 48.5 Å². The van der Waals surface area contributed by atoms with Gasteiger partial charge in [0.2, 0.25) is 5.91 Å². The summed E-state index contributed by atoms with van der Waals surface area (Å²) in [5, 5.41) is 0. The van der Waals surface area contributed by atoms with Crippen molar-refractivity contribution in [2.45, 2.75) is 38.1 Å². The van der Waals surface area contributed by atoms with E-state index in [1.165, 1.54) is 11.1 Å². The Hall–Kier alpha value is -1.84. The zero-order valence-electron chi connectivity index (χ0n) is 15.2. The Labute approximate surface area is 163 Å². The zero-order valence-corrected chi connectivity index (χ0v) is 16.0. The number of likely N-dealkylation sites (tertiary alicyclic amines) is 1. The van der Waals surface area contributed by atoms with Gasteiger partial charge in [0.15, 0.2) is 0 Å². The highest BCUT2D eigenvalue weighted by atomic mass is 35.5. The minimum absolute atomic E-state index is 0. The van der Waals surface area contributed by atoms with Crippen molar-refractivity contribution < 1.29 is 4.79 Å². The summed E-state index contributed by atoms with van der Waals surface area (Å²) in [7, 11) is 0. The van der Waals surface area contributed by atoms with Crippen molar-refractivity contribution in [1.29, 1.82) is 0 Å². The monoisotopic (exact) mass is 372 g/mol. The van der Waals surface area contributed by atoms with Crippen LogP contribution < -0.4 is 5.73 Å². The minimum Gasteiger partial charge on any atom is -0.343 e. The molecule has 0 bridgehead atoms. The lowest BCUT2D eigenvalue weighted by atomic mass is 9.89. The summed E-state index contributed by atoms with van der Waals surface area (Å²) in [6, 6.07) is 21.2. The maximum absolute atomic E-state index is 12.8. The molecule has 26 heavy (non-hydrogen) atoms. The Bertz CT molecular complexity index is 613. The van der Waals surface area contributed by atoms with E-state index in [9.17, 15) is 4.79 Å². The third-order valence-corrected chi connectivity index (χ3v) is 5.09. The SMILES string of the molecule is Cl.NC1CCN(C(=O)CC(Cc2ccccc2)Cc2ccccc2)CC1. The summed E-state index contributed by atoms with van der Waals surface area (Å²) in [6.45, 7) is 1.62. The number of amides is 1. The maximum Gasteiger partial charge on any atom is 0.222 e. The smallest absolute Gasteiger partial charge is 0.222 e. The van der Waals surface area contributed by atoms with Crippen molar-refractivity contribution in [2.75, 3.05) is 13.1 Å². The fourth-order valence-electron chi connectivity index (χ4n) is 3.64. The topological polar surface area (TPSA) is 46.3 Å². The van der Waals surface area contributed by atoms with Crippen molar-refractivity contribution in [3.05, 3.63) is 71.8 Å². The predicted molar refractivity (Wildman–Crippen MR) is 109 cm³/mol. The molecule has 0 radical (unpaired) electrons. The van der Waals surface area contributed by atoms with Crippen molar-refractivity contribution in [3.8, 4) is 0 Å². The molecule has 0 saturated carbocycles. The van der Waals surface area contributed by atoms with Gasteiger partial charge in [0, 0.05) is 25.6 Å². The van der Waals surface area contributed by atoms with Crippen LogP contribution in [0.15, 0.2) is 60.7 Å². The third-order valence-electron chi connectivity index (χ3n) is 5.09. The first kappa shape index (κ1) is 20.5. The summed E-state index contributed by atoms with van der Waals surface area (Å²) in [5.74, 6) is 0.608. The van der Waals surface area contributed by atoms with Crippen molar-refractivity contribution in [2.24, 2.45) is 11.7 Å². The van der Waals surface area contributed by atoms with Crippen molar-refractivity contribution >= 4 is 18.3 Å². The zero-order chi connectivity index (χ0) is 17.5. The highest BCUT2D eigenvalue weighted by Gasteiger charge is 2.23. The Morgan fingerprint density at radius 2 is 1.38 bits per heavy atom. The van der Waals surface area contributed by atoms with Crippen LogP contribution in [-0.4, -0.2) is 29.9 Å². The summed E-state index contributed by atoms with van der Waals surface area (Å²) in [5.41, 5.74) is 8.57. The normalized spacial score (nSPS) is 14.9. The van der Waals surface area contributed by atoms with Gasteiger partial charge in [-0.3, -0.25) is 4.79 Å². The second-order valence-corrected chi connectivity index (χ2v) is 7.17. The molecule has 3 rings (SSSR count). The van der Waals surface area contributed by atoms with Gasteiger partial charge in [0.1, 0.15) is 0 Å². The van der Waals surface area contributed by atoms with Gasteiger partial charge in [-0.2, -0.15) is 0 Å². The van der Waals surface area contributed by atoms with Crippen LogP contribution in [0.1, 0.15) is 30.4 Å². The Kier molecular flexibility index (Phi) is 8.14. The summed E-state index contributed by atoms with van der Waals surface area (Å²) in [6.07, 6.45) is 4.34. The van der Waals surface area contributed by atoms with E-state index in [4.69, 9.17) is 5.73 Å².